The second-order valence-electron chi connectivity index (χ2n) is 5.30. The van der Waals surface area contributed by atoms with E-state index in [1.54, 1.807) is 6.08 Å². The first-order valence-electron chi connectivity index (χ1n) is 7.70. The number of rotatable bonds is 5. The van der Waals surface area contributed by atoms with Gasteiger partial charge in [0.15, 0.2) is 0 Å². The Hall–Kier alpha value is -2.14. The van der Waals surface area contributed by atoms with Gasteiger partial charge in [-0.1, -0.05) is 30.3 Å². The van der Waals surface area contributed by atoms with Crippen molar-refractivity contribution in [1.29, 1.82) is 0 Å². The van der Waals surface area contributed by atoms with E-state index in [1.165, 1.54) is 0 Å². The molecule has 1 heterocycles. The molecule has 0 bridgehead atoms. The second kappa shape index (κ2) is 8.34. The van der Waals surface area contributed by atoms with E-state index in [9.17, 15) is 9.59 Å². The minimum absolute atomic E-state index is 0.0292. The monoisotopic (exact) mass is 301 g/mol. The molecule has 0 aromatic heterocycles. The number of piperazine rings is 1. The average molecular weight is 301 g/mol. The van der Waals surface area contributed by atoms with Crippen molar-refractivity contribution in [1.82, 2.24) is 15.1 Å². The van der Waals surface area contributed by atoms with Crippen LogP contribution in [0.5, 0.6) is 0 Å². The van der Waals surface area contributed by atoms with E-state index in [-0.39, 0.29) is 11.8 Å². The normalized spacial score (nSPS) is 16.0. The first-order chi connectivity index (χ1) is 10.7. The predicted molar refractivity (Wildman–Crippen MR) is 87.2 cm³/mol. The number of likely N-dealkylation sites (N-methyl/N-ethyl adjacent to an activating group) is 1. The number of carbonyl (C=O) groups is 2. The summed E-state index contributed by atoms with van der Waals surface area (Å²) in [4.78, 5) is 27.6. The molecule has 0 spiro atoms. The first kappa shape index (κ1) is 16.2. The molecule has 1 aromatic carbocycles. The SMILES string of the molecule is CCNC(=O)CN1CCN(C(=O)/C=C/c2ccccc2)CC1. The summed E-state index contributed by atoms with van der Waals surface area (Å²) in [5.41, 5.74) is 1.02. The number of carbonyl (C=O) groups excluding carboxylic acids is 2. The molecule has 1 fully saturated rings. The second-order valence-corrected chi connectivity index (χ2v) is 5.30. The number of hydrogen-bond donors (Lipinski definition) is 1. The van der Waals surface area contributed by atoms with Gasteiger partial charge in [-0.05, 0) is 18.6 Å². The van der Waals surface area contributed by atoms with Crippen molar-refractivity contribution in [3.05, 3.63) is 42.0 Å². The highest BCUT2D eigenvalue weighted by atomic mass is 16.2. The van der Waals surface area contributed by atoms with Crippen LogP contribution in [0.1, 0.15) is 12.5 Å². The van der Waals surface area contributed by atoms with Gasteiger partial charge in [-0.2, -0.15) is 0 Å². The van der Waals surface area contributed by atoms with Gasteiger partial charge in [0.05, 0.1) is 6.54 Å². The highest BCUT2D eigenvalue weighted by molar-refractivity contribution is 5.91. The minimum atomic E-state index is 0.0292. The van der Waals surface area contributed by atoms with E-state index >= 15 is 0 Å². The fourth-order valence-corrected chi connectivity index (χ4v) is 2.42. The lowest BCUT2D eigenvalue weighted by atomic mass is 10.2. The van der Waals surface area contributed by atoms with Gasteiger partial charge < -0.3 is 10.2 Å². The molecule has 118 valence electrons. The molecule has 22 heavy (non-hydrogen) atoms. The Morgan fingerprint density at radius 1 is 1.14 bits per heavy atom. The third-order valence-electron chi connectivity index (χ3n) is 3.64. The van der Waals surface area contributed by atoms with Crippen LogP contribution in [0.2, 0.25) is 0 Å². The van der Waals surface area contributed by atoms with Crippen LogP contribution in [0.15, 0.2) is 36.4 Å². The zero-order valence-corrected chi connectivity index (χ0v) is 13.0. The fourth-order valence-electron chi connectivity index (χ4n) is 2.42. The molecular weight excluding hydrogens is 278 g/mol. The topological polar surface area (TPSA) is 52.7 Å². The maximum atomic E-state index is 12.1. The Balaban J connectivity index is 1.77. The van der Waals surface area contributed by atoms with E-state index in [4.69, 9.17) is 0 Å². The molecule has 0 radical (unpaired) electrons. The summed E-state index contributed by atoms with van der Waals surface area (Å²) in [7, 11) is 0. The van der Waals surface area contributed by atoms with Gasteiger partial charge in [-0.3, -0.25) is 14.5 Å². The summed E-state index contributed by atoms with van der Waals surface area (Å²) in [6.45, 7) is 5.78. The van der Waals surface area contributed by atoms with E-state index in [0.29, 0.717) is 26.2 Å². The molecule has 0 aliphatic carbocycles. The molecular formula is C17H23N3O2. The van der Waals surface area contributed by atoms with E-state index in [1.807, 2.05) is 48.2 Å². The number of amides is 2. The van der Waals surface area contributed by atoms with Crippen LogP contribution in [-0.4, -0.2) is 60.9 Å². The van der Waals surface area contributed by atoms with E-state index in [2.05, 4.69) is 10.2 Å². The van der Waals surface area contributed by atoms with Gasteiger partial charge in [-0.15, -0.1) is 0 Å². The lowest BCUT2D eigenvalue weighted by molar-refractivity contribution is -0.128. The van der Waals surface area contributed by atoms with Crippen LogP contribution in [0.3, 0.4) is 0 Å². The number of hydrogen-bond acceptors (Lipinski definition) is 3. The van der Waals surface area contributed by atoms with Crippen molar-refractivity contribution in [2.24, 2.45) is 0 Å². The average Bonchev–Trinajstić information content (AvgIpc) is 2.54. The largest absolute Gasteiger partial charge is 0.355 e. The number of nitrogens with one attached hydrogen (secondary N) is 1. The first-order valence-corrected chi connectivity index (χ1v) is 7.70. The van der Waals surface area contributed by atoms with E-state index in [0.717, 1.165) is 18.7 Å². The molecule has 1 aliphatic heterocycles. The van der Waals surface area contributed by atoms with Crippen LogP contribution in [0.4, 0.5) is 0 Å². The van der Waals surface area contributed by atoms with Gasteiger partial charge in [0.25, 0.3) is 0 Å². The minimum Gasteiger partial charge on any atom is -0.355 e. The molecule has 0 saturated carbocycles. The predicted octanol–water partition coefficient (Wildman–Crippen LogP) is 0.980. The van der Waals surface area contributed by atoms with Crippen molar-refractivity contribution in [3.63, 3.8) is 0 Å². The molecule has 5 heteroatoms. The summed E-state index contributed by atoms with van der Waals surface area (Å²) in [5.74, 6) is 0.0766. The quantitative estimate of drug-likeness (QED) is 0.825. The van der Waals surface area contributed by atoms with Crippen molar-refractivity contribution in [3.8, 4) is 0 Å². The Bertz CT molecular complexity index is 520. The highest BCUT2D eigenvalue weighted by Gasteiger charge is 2.20. The Morgan fingerprint density at radius 2 is 1.82 bits per heavy atom. The summed E-state index contributed by atoms with van der Waals surface area (Å²) < 4.78 is 0. The maximum Gasteiger partial charge on any atom is 0.246 e. The molecule has 0 atom stereocenters. The number of benzene rings is 1. The van der Waals surface area contributed by atoms with Gasteiger partial charge in [0.2, 0.25) is 11.8 Å². The van der Waals surface area contributed by atoms with Crippen LogP contribution < -0.4 is 5.32 Å². The van der Waals surface area contributed by atoms with Crippen molar-refractivity contribution < 1.29 is 9.59 Å². The smallest absolute Gasteiger partial charge is 0.246 e. The third-order valence-corrected chi connectivity index (χ3v) is 3.64. The standard InChI is InChI=1S/C17H23N3O2/c1-2-18-16(21)14-19-10-12-20(13-11-19)17(22)9-8-15-6-4-3-5-7-15/h3-9H,2,10-14H2,1H3,(H,18,21)/b9-8+. The van der Waals surface area contributed by atoms with Gasteiger partial charge in [0.1, 0.15) is 0 Å². The van der Waals surface area contributed by atoms with Crippen LogP contribution >= 0.6 is 0 Å². The van der Waals surface area contributed by atoms with Crippen LogP contribution in [0, 0.1) is 0 Å². The molecule has 1 aliphatic rings. The van der Waals surface area contributed by atoms with E-state index < -0.39 is 0 Å². The summed E-state index contributed by atoms with van der Waals surface area (Å²) in [6, 6.07) is 9.78. The molecule has 2 rings (SSSR count). The van der Waals surface area contributed by atoms with Crippen LogP contribution in [0.25, 0.3) is 6.08 Å². The molecule has 1 aromatic rings. The summed E-state index contributed by atoms with van der Waals surface area (Å²) in [5, 5.41) is 2.79. The van der Waals surface area contributed by atoms with Gasteiger partial charge in [0, 0.05) is 38.8 Å². The zero-order valence-electron chi connectivity index (χ0n) is 13.0. The van der Waals surface area contributed by atoms with Gasteiger partial charge in [-0.25, -0.2) is 0 Å². The van der Waals surface area contributed by atoms with Crippen molar-refractivity contribution in [2.75, 3.05) is 39.3 Å². The third kappa shape index (κ3) is 5.00. The Kier molecular flexibility index (Phi) is 6.15. The maximum absolute atomic E-state index is 12.1. The summed E-state index contributed by atoms with van der Waals surface area (Å²) in [6.07, 6.45) is 3.46. The van der Waals surface area contributed by atoms with Gasteiger partial charge >= 0.3 is 0 Å². The van der Waals surface area contributed by atoms with Crippen LogP contribution in [-0.2, 0) is 9.59 Å². The Morgan fingerprint density at radius 3 is 2.45 bits per heavy atom. The molecule has 2 amide bonds. The zero-order chi connectivity index (χ0) is 15.8. The summed E-state index contributed by atoms with van der Waals surface area (Å²) >= 11 is 0. The van der Waals surface area contributed by atoms with Crippen molar-refractivity contribution >= 4 is 17.9 Å². The lowest BCUT2D eigenvalue weighted by Crippen LogP contribution is -2.50. The molecule has 1 N–H and O–H groups in total. The molecule has 5 nitrogen and oxygen atoms in total. The molecule has 1 saturated heterocycles. The number of nitrogens with zero attached hydrogens (tertiary/aromatic N) is 2. The molecule has 0 unspecified atom stereocenters. The Labute approximate surface area is 131 Å². The highest BCUT2D eigenvalue weighted by Crippen LogP contribution is 2.05. The lowest BCUT2D eigenvalue weighted by Gasteiger charge is -2.33. The fraction of sp³-hybridized carbons (Fsp3) is 0.412. The van der Waals surface area contributed by atoms with Crippen molar-refractivity contribution in [2.45, 2.75) is 6.92 Å².